The predicted molar refractivity (Wildman–Crippen MR) is 174 cm³/mol. The van der Waals surface area contributed by atoms with Crippen molar-refractivity contribution in [2.75, 3.05) is 0 Å². The van der Waals surface area contributed by atoms with E-state index in [0.29, 0.717) is 17.5 Å². The number of nitriles is 1. The van der Waals surface area contributed by atoms with Crippen molar-refractivity contribution >= 4 is 11.1 Å². The first kappa shape index (κ1) is 25.8. The second-order valence-electron chi connectivity index (χ2n) is 13.8. The van der Waals surface area contributed by atoms with E-state index in [1.165, 1.54) is 60.8 Å². The maximum atomic E-state index is 9.85. The zero-order valence-corrected chi connectivity index (χ0v) is 24.8. The van der Waals surface area contributed by atoms with Crippen molar-refractivity contribution in [1.29, 1.82) is 5.26 Å². The molecule has 0 saturated heterocycles. The SMILES string of the molecule is N#Cc1ccc2c(c1)C1CC=C(c3nc(-c4ccccc4)nc(-c4ccccc4)n3)C=C1C=C2C12CC3C[C@H](C1)C[C@@H](C3)C2. The van der Waals surface area contributed by atoms with Crippen molar-refractivity contribution in [3.8, 4) is 28.8 Å². The van der Waals surface area contributed by atoms with E-state index in [9.17, 15) is 5.26 Å². The summed E-state index contributed by atoms with van der Waals surface area (Å²) in [5.41, 5.74) is 9.61. The molecule has 4 aromatic rings. The average Bonchev–Trinajstić information content (AvgIpc) is 3.07. The van der Waals surface area contributed by atoms with Crippen LogP contribution in [0.25, 0.3) is 33.9 Å². The van der Waals surface area contributed by atoms with E-state index in [0.717, 1.165) is 46.4 Å². The van der Waals surface area contributed by atoms with Crippen LogP contribution in [0.2, 0.25) is 0 Å². The lowest BCUT2D eigenvalue weighted by Crippen LogP contribution is -2.47. The van der Waals surface area contributed by atoms with Gasteiger partial charge in [0, 0.05) is 22.6 Å². The molecule has 214 valence electrons. The monoisotopic (exact) mass is 570 g/mol. The summed E-state index contributed by atoms with van der Waals surface area (Å²) in [4.78, 5) is 15.0. The maximum Gasteiger partial charge on any atom is 0.164 e. The third-order valence-corrected chi connectivity index (χ3v) is 11.0. The molecular formula is C40H34N4. The molecule has 0 amide bonds. The second kappa shape index (κ2) is 9.96. The molecule has 4 heteroatoms. The van der Waals surface area contributed by atoms with Gasteiger partial charge in [-0.1, -0.05) is 78.9 Å². The van der Waals surface area contributed by atoms with Gasteiger partial charge < -0.3 is 0 Å². The Balaban J connectivity index is 1.18. The van der Waals surface area contributed by atoms with E-state index in [4.69, 9.17) is 15.0 Å². The largest absolute Gasteiger partial charge is 0.208 e. The standard InChI is InChI=1S/C40H34N4/c41-24-25-11-13-34-35(18-25)33-14-12-31(19-32(33)20-36(34)40-21-26-15-27(22-40)17-28(16-26)23-40)39-43-37(29-7-3-1-4-8-29)42-38(44-39)30-9-5-2-6-10-30/h1-13,18-20,26-28,33H,14-17,21-23H2/t26-,27+,28?,33?,40?. The lowest BCUT2D eigenvalue weighted by molar-refractivity contribution is -0.0179. The summed E-state index contributed by atoms with van der Waals surface area (Å²) in [5, 5.41) is 9.85. The van der Waals surface area contributed by atoms with Gasteiger partial charge in [-0.25, -0.2) is 15.0 Å². The van der Waals surface area contributed by atoms with E-state index in [2.05, 4.69) is 60.7 Å². The third kappa shape index (κ3) is 4.21. The molecule has 4 saturated carbocycles. The number of aromatic nitrogens is 3. The third-order valence-electron chi connectivity index (χ3n) is 11.0. The fourth-order valence-corrected chi connectivity index (χ4v) is 9.55. The summed E-state index contributed by atoms with van der Waals surface area (Å²) in [6.07, 6.45) is 16.3. The molecule has 1 heterocycles. The first-order valence-electron chi connectivity index (χ1n) is 16.2. The molecule has 1 aromatic heterocycles. The molecule has 44 heavy (non-hydrogen) atoms. The van der Waals surface area contributed by atoms with Crippen LogP contribution in [0.15, 0.2) is 103 Å². The molecule has 0 N–H and O–H groups in total. The zero-order valence-electron chi connectivity index (χ0n) is 24.8. The van der Waals surface area contributed by atoms with Crippen LogP contribution in [0.3, 0.4) is 0 Å². The van der Waals surface area contributed by atoms with Crippen LogP contribution in [0, 0.1) is 34.5 Å². The van der Waals surface area contributed by atoms with Crippen LogP contribution < -0.4 is 0 Å². The molecule has 1 unspecified atom stereocenters. The van der Waals surface area contributed by atoms with E-state index >= 15 is 0 Å². The molecule has 10 rings (SSSR count). The molecule has 4 bridgehead atoms. The Hall–Kier alpha value is -4.62. The van der Waals surface area contributed by atoms with Gasteiger partial charge in [0.1, 0.15) is 0 Å². The highest BCUT2D eigenvalue weighted by atomic mass is 15.0. The fraction of sp³-hybridized carbons (Fsp3) is 0.300. The molecule has 4 nitrogen and oxygen atoms in total. The molecule has 4 fully saturated rings. The molecule has 0 aliphatic heterocycles. The van der Waals surface area contributed by atoms with Gasteiger partial charge in [0.15, 0.2) is 17.5 Å². The summed E-state index contributed by atoms with van der Waals surface area (Å²) in [7, 11) is 0. The Morgan fingerprint density at radius 3 is 1.86 bits per heavy atom. The maximum absolute atomic E-state index is 9.85. The van der Waals surface area contributed by atoms with Gasteiger partial charge in [0.25, 0.3) is 0 Å². The van der Waals surface area contributed by atoms with Crippen molar-refractivity contribution < 1.29 is 0 Å². The summed E-state index contributed by atoms with van der Waals surface area (Å²) in [6.45, 7) is 0. The zero-order chi connectivity index (χ0) is 29.3. The fourth-order valence-electron chi connectivity index (χ4n) is 9.55. The van der Waals surface area contributed by atoms with Crippen LogP contribution in [0.1, 0.15) is 73.4 Å². The predicted octanol–water partition coefficient (Wildman–Crippen LogP) is 9.19. The molecule has 6 aliphatic carbocycles. The van der Waals surface area contributed by atoms with E-state index in [1.807, 2.05) is 42.5 Å². The minimum atomic E-state index is 0.240. The Morgan fingerprint density at radius 2 is 1.27 bits per heavy atom. The highest BCUT2D eigenvalue weighted by Crippen LogP contribution is 2.66. The van der Waals surface area contributed by atoms with Gasteiger partial charge in [0.05, 0.1) is 11.6 Å². The van der Waals surface area contributed by atoms with Gasteiger partial charge in [-0.05, 0) is 109 Å². The van der Waals surface area contributed by atoms with Crippen LogP contribution in [0.4, 0.5) is 0 Å². The van der Waals surface area contributed by atoms with E-state index in [-0.39, 0.29) is 11.3 Å². The molecule has 3 aromatic carbocycles. The topological polar surface area (TPSA) is 62.5 Å². The molecule has 6 aliphatic rings. The Kier molecular flexibility index (Phi) is 5.85. The molecule has 0 radical (unpaired) electrons. The number of allylic oxidation sites excluding steroid dienone is 6. The molecule has 1 atom stereocenters. The van der Waals surface area contributed by atoms with Crippen LogP contribution >= 0.6 is 0 Å². The van der Waals surface area contributed by atoms with Gasteiger partial charge in [0.2, 0.25) is 0 Å². The summed E-state index contributed by atoms with van der Waals surface area (Å²) in [6, 6.07) is 29.3. The second-order valence-corrected chi connectivity index (χ2v) is 13.8. The summed E-state index contributed by atoms with van der Waals surface area (Å²) < 4.78 is 0. The average molecular weight is 571 g/mol. The van der Waals surface area contributed by atoms with E-state index < -0.39 is 0 Å². The molecule has 0 spiro atoms. The first-order valence-corrected chi connectivity index (χ1v) is 16.2. The normalized spacial score (nSPS) is 27.8. The Bertz CT molecular complexity index is 1830. The smallest absolute Gasteiger partial charge is 0.164 e. The minimum Gasteiger partial charge on any atom is -0.208 e. The van der Waals surface area contributed by atoms with E-state index in [1.54, 1.807) is 0 Å². The first-order chi connectivity index (χ1) is 21.6. The Labute approximate surface area is 258 Å². The number of rotatable bonds is 4. The van der Waals surface area contributed by atoms with Crippen LogP contribution in [-0.4, -0.2) is 15.0 Å². The van der Waals surface area contributed by atoms with Gasteiger partial charge in [-0.15, -0.1) is 0 Å². The minimum absolute atomic E-state index is 0.240. The van der Waals surface area contributed by atoms with Gasteiger partial charge >= 0.3 is 0 Å². The number of hydrogen-bond donors (Lipinski definition) is 0. The number of fused-ring (bicyclic) bond motifs is 3. The van der Waals surface area contributed by atoms with Crippen molar-refractivity contribution in [1.82, 2.24) is 15.0 Å². The highest BCUT2D eigenvalue weighted by Gasteiger charge is 2.53. The van der Waals surface area contributed by atoms with Crippen molar-refractivity contribution in [2.24, 2.45) is 23.2 Å². The number of hydrogen-bond acceptors (Lipinski definition) is 4. The number of benzene rings is 3. The molecular weight excluding hydrogens is 536 g/mol. The summed E-state index contributed by atoms with van der Waals surface area (Å²) in [5.74, 6) is 4.94. The van der Waals surface area contributed by atoms with Crippen molar-refractivity contribution in [2.45, 2.75) is 50.9 Å². The lowest BCUT2D eigenvalue weighted by atomic mass is 9.46. The number of nitrogens with zero attached hydrogens (tertiary/aromatic N) is 4. The van der Waals surface area contributed by atoms with Crippen LogP contribution in [-0.2, 0) is 0 Å². The Morgan fingerprint density at radius 1 is 0.682 bits per heavy atom. The van der Waals surface area contributed by atoms with Gasteiger partial charge in [-0.2, -0.15) is 5.26 Å². The van der Waals surface area contributed by atoms with Crippen molar-refractivity contribution in [3.63, 3.8) is 0 Å². The lowest BCUT2D eigenvalue weighted by Gasteiger charge is -2.58. The van der Waals surface area contributed by atoms with Crippen molar-refractivity contribution in [3.05, 3.63) is 125 Å². The summed E-state index contributed by atoms with van der Waals surface area (Å²) >= 11 is 0. The quantitative estimate of drug-likeness (QED) is 0.245. The van der Waals surface area contributed by atoms with Crippen LogP contribution in [0.5, 0.6) is 0 Å². The van der Waals surface area contributed by atoms with Gasteiger partial charge in [-0.3, -0.25) is 0 Å². The highest BCUT2D eigenvalue weighted by molar-refractivity contribution is 5.84.